The molecule has 0 aliphatic rings. The van der Waals surface area contributed by atoms with Gasteiger partial charge in [0, 0.05) is 6.20 Å². The van der Waals surface area contributed by atoms with Crippen LogP contribution < -0.4 is 0 Å². The highest BCUT2D eigenvalue weighted by atomic mass is 16.5. The first-order chi connectivity index (χ1) is 9.79. The number of ether oxygens (including phenoxy) is 2. The van der Waals surface area contributed by atoms with Gasteiger partial charge in [0.05, 0.1) is 13.2 Å². The number of carbonyl (C=O) groups excluding carboxylic acids is 1. The van der Waals surface area contributed by atoms with Gasteiger partial charge in [-0.3, -0.25) is 0 Å². The Hall–Kier alpha value is -2.27. The Labute approximate surface area is 117 Å². The van der Waals surface area contributed by atoms with Crippen LogP contribution in [0.15, 0.2) is 42.6 Å². The molecule has 2 aromatic rings. The van der Waals surface area contributed by atoms with Crippen molar-refractivity contribution in [1.82, 2.24) is 9.97 Å². The zero-order chi connectivity index (χ0) is 14.2. The van der Waals surface area contributed by atoms with Crippen LogP contribution >= 0.6 is 0 Å². The number of hydrogen-bond acceptors (Lipinski definition) is 5. The molecular weight excluding hydrogens is 256 g/mol. The highest BCUT2D eigenvalue weighted by Crippen LogP contribution is 2.04. The summed E-state index contributed by atoms with van der Waals surface area (Å²) >= 11 is 0. The predicted molar refractivity (Wildman–Crippen MR) is 72.9 cm³/mol. The summed E-state index contributed by atoms with van der Waals surface area (Å²) in [5.74, 6) is 0.0192. The first-order valence-corrected chi connectivity index (χ1v) is 6.40. The van der Waals surface area contributed by atoms with Crippen LogP contribution in [0.3, 0.4) is 0 Å². The van der Waals surface area contributed by atoms with E-state index < -0.39 is 5.97 Å². The summed E-state index contributed by atoms with van der Waals surface area (Å²) in [6, 6.07) is 11.4. The fourth-order valence-corrected chi connectivity index (χ4v) is 1.62. The Balaban J connectivity index is 1.90. The minimum absolute atomic E-state index is 0.250. The molecule has 0 spiro atoms. The van der Waals surface area contributed by atoms with Gasteiger partial charge in [0.2, 0.25) is 0 Å². The molecule has 5 nitrogen and oxygen atoms in total. The molecule has 20 heavy (non-hydrogen) atoms. The fraction of sp³-hybridized carbons (Fsp3) is 0.267. The molecule has 0 radical (unpaired) electrons. The average Bonchev–Trinajstić information content (AvgIpc) is 2.49. The van der Waals surface area contributed by atoms with E-state index in [0.717, 1.165) is 5.56 Å². The number of nitrogens with zero attached hydrogens (tertiary/aromatic N) is 2. The third kappa shape index (κ3) is 4.13. The minimum atomic E-state index is -0.445. The molecule has 0 amide bonds. The summed E-state index contributed by atoms with van der Waals surface area (Å²) in [5, 5.41) is 0. The Kier molecular flexibility index (Phi) is 5.20. The maximum Gasteiger partial charge on any atom is 0.357 e. The molecule has 0 atom stereocenters. The molecule has 5 heteroatoms. The van der Waals surface area contributed by atoms with Crippen LogP contribution in [0.2, 0.25) is 0 Å². The molecule has 1 aromatic carbocycles. The summed E-state index contributed by atoms with van der Waals surface area (Å²) in [5.41, 5.74) is 1.33. The molecule has 1 aromatic heterocycles. The number of aromatic nitrogens is 2. The van der Waals surface area contributed by atoms with Crippen molar-refractivity contribution in [2.45, 2.75) is 20.1 Å². The quantitative estimate of drug-likeness (QED) is 0.755. The number of rotatable bonds is 6. The van der Waals surface area contributed by atoms with Crippen molar-refractivity contribution >= 4 is 5.97 Å². The summed E-state index contributed by atoms with van der Waals surface area (Å²) in [6.07, 6.45) is 1.53. The molecule has 104 valence electrons. The molecule has 0 saturated carbocycles. The summed E-state index contributed by atoms with van der Waals surface area (Å²) in [4.78, 5) is 19.7. The lowest BCUT2D eigenvalue weighted by Gasteiger charge is -2.05. The normalized spacial score (nSPS) is 10.2. The molecule has 0 aliphatic carbocycles. The van der Waals surface area contributed by atoms with Crippen LogP contribution in [0.4, 0.5) is 0 Å². The monoisotopic (exact) mass is 272 g/mol. The van der Waals surface area contributed by atoms with Gasteiger partial charge in [0.1, 0.15) is 6.61 Å². The van der Waals surface area contributed by atoms with Gasteiger partial charge in [-0.2, -0.15) is 0 Å². The van der Waals surface area contributed by atoms with Gasteiger partial charge in [0.25, 0.3) is 0 Å². The van der Waals surface area contributed by atoms with E-state index in [9.17, 15) is 4.79 Å². The second-order valence-corrected chi connectivity index (χ2v) is 4.06. The van der Waals surface area contributed by atoms with Crippen molar-refractivity contribution in [1.29, 1.82) is 0 Å². The topological polar surface area (TPSA) is 61.3 Å². The predicted octanol–water partition coefficient (Wildman–Crippen LogP) is 2.37. The molecule has 0 unspecified atom stereocenters. The third-order valence-corrected chi connectivity index (χ3v) is 2.53. The lowest BCUT2D eigenvalue weighted by molar-refractivity contribution is 0.0517. The zero-order valence-corrected chi connectivity index (χ0v) is 11.3. The summed E-state index contributed by atoms with van der Waals surface area (Å²) < 4.78 is 10.4. The largest absolute Gasteiger partial charge is 0.461 e. The van der Waals surface area contributed by atoms with Gasteiger partial charge in [-0.15, -0.1) is 0 Å². The summed E-state index contributed by atoms with van der Waals surface area (Å²) in [7, 11) is 0. The van der Waals surface area contributed by atoms with Gasteiger partial charge < -0.3 is 9.47 Å². The second-order valence-electron chi connectivity index (χ2n) is 4.06. The fourth-order valence-electron chi connectivity index (χ4n) is 1.62. The van der Waals surface area contributed by atoms with Crippen LogP contribution in [0, 0.1) is 0 Å². The maximum atomic E-state index is 11.5. The summed E-state index contributed by atoms with van der Waals surface area (Å²) in [6.45, 7) is 2.81. The van der Waals surface area contributed by atoms with E-state index in [1.54, 1.807) is 6.92 Å². The van der Waals surface area contributed by atoms with E-state index in [2.05, 4.69) is 9.97 Å². The van der Waals surface area contributed by atoms with Gasteiger partial charge in [0.15, 0.2) is 11.5 Å². The number of carbonyl (C=O) groups is 1. The highest BCUT2D eigenvalue weighted by Gasteiger charge is 2.09. The van der Waals surface area contributed by atoms with E-state index in [0.29, 0.717) is 19.0 Å². The van der Waals surface area contributed by atoms with Crippen LogP contribution in [0.1, 0.15) is 28.8 Å². The van der Waals surface area contributed by atoms with Crippen molar-refractivity contribution in [3.8, 4) is 0 Å². The first kappa shape index (κ1) is 14.1. The van der Waals surface area contributed by atoms with E-state index in [-0.39, 0.29) is 12.3 Å². The van der Waals surface area contributed by atoms with Crippen molar-refractivity contribution in [3.05, 3.63) is 59.7 Å². The van der Waals surface area contributed by atoms with Crippen molar-refractivity contribution in [2.24, 2.45) is 0 Å². The Bertz CT molecular complexity index is 558. The molecule has 0 aliphatic heterocycles. The Morgan fingerprint density at radius 2 is 1.95 bits per heavy atom. The number of benzene rings is 1. The van der Waals surface area contributed by atoms with Gasteiger partial charge in [-0.25, -0.2) is 14.8 Å². The van der Waals surface area contributed by atoms with E-state index in [4.69, 9.17) is 9.47 Å². The second kappa shape index (κ2) is 7.35. The number of esters is 1. The lowest BCUT2D eigenvalue weighted by Crippen LogP contribution is -2.10. The molecule has 1 heterocycles. The molecule has 0 N–H and O–H groups in total. The average molecular weight is 272 g/mol. The molecule has 0 bridgehead atoms. The van der Waals surface area contributed by atoms with Crippen molar-refractivity contribution < 1.29 is 14.3 Å². The maximum absolute atomic E-state index is 11.5. The van der Waals surface area contributed by atoms with Crippen LogP contribution in [-0.2, 0) is 22.7 Å². The third-order valence-electron chi connectivity index (χ3n) is 2.53. The van der Waals surface area contributed by atoms with Crippen LogP contribution in [-0.4, -0.2) is 22.5 Å². The minimum Gasteiger partial charge on any atom is -0.461 e. The Morgan fingerprint density at radius 3 is 2.70 bits per heavy atom. The lowest BCUT2D eigenvalue weighted by atomic mass is 10.2. The van der Waals surface area contributed by atoms with Crippen LogP contribution in [0.25, 0.3) is 0 Å². The standard InChI is InChI=1S/C15H16N2O3/c1-2-20-15(18)13-8-9-16-14(17-13)11-19-10-12-6-4-3-5-7-12/h3-9H,2,10-11H2,1H3. The van der Waals surface area contributed by atoms with Gasteiger partial charge in [-0.1, -0.05) is 30.3 Å². The van der Waals surface area contributed by atoms with Crippen molar-refractivity contribution in [2.75, 3.05) is 6.61 Å². The highest BCUT2D eigenvalue weighted by molar-refractivity contribution is 5.87. The van der Waals surface area contributed by atoms with Gasteiger partial charge >= 0.3 is 5.97 Å². The molecule has 0 saturated heterocycles. The first-order valence-electron chi connectivity index (χ1n) is 6.40. The number of hydrogen-bond donors (Lipinski definition) is 0. The molecular formula is C15H16N2O3. The van der Waals surface area contributed by atoms with Gasteiger partial charge in [-0.05, 0) is 18.6 Å². The SMILES string of the molecule is CCOC(=O)c1ccnc(COCc2ccccc2)n1. The van der Waals surface area contributed by atoms with E-state index in [1.807, 2.05) is 30.3 Å². The van der Waals surface area contributed by atoms with Crippen LogP contribution in [0.5, 0.6) is 0 Å². The van der Waals surface area contributed by atoms with E-state index in [1.165, 1.54) is 12.3 Å². The molecule has 0 fully saturated rings. The smallest absolute Gasteiger partial charge is 0.357 e. The van der Waals surface area contributed by atoms with Crippen molar-refractivity contribution in [3.63, 3.8) is 0 Å². The zero-order valence-electron chi connectivity index (χ0n) is 11.3. The van der Waals surface area contributed by atoms with E-state index >= 15 is 0 Å². The molecule has 2 rings (SSSR count). The Morgan fingerprint density at radius 1 is 1.15 bits per heavy atom.